The number of nitrogens with zero attached hydrogens (tertiary/aromatic N) is 1. The summed E-state index contributed by atoms with van der Waals surface area (Å²) in [6, 6.07) is 19.0. The number of halogens is 3. The third-order valence-electron chi connectivity index (χ3n) is 4.31. The van der Waals surface area contributed by atoms with Crippen LogP contribution in [0.1, 0.15) is 11.1 Å². The molecule has 0 aliphatic carbocycles. The number of hydrogen-bond donors (Lipinski definition) is 1. The van der Waals surface area contributed by atoms with Crippen molar-refractivity contribution in [3.05, 3.63) is 92.4 Å². The molecule has 1 amide bonds. The summed E-state index contributed by atoms with van der Waals surface area (Å²) in [6.07, 6.45) is 1.41. The summed E-state index contributed by atoms with van der Waals surface area (Å²) in [5.74, 6) is 0.140. The molecular formula is C24H17Cl3N2O3. The van der Waals surface area contributed by atoms with Crippen molar-refractivity contribution in [1.29, 1.82) is 5.26 Å². The van der Waals surface area contributed by atoms with Crippen LogP contribution in [0.25, 0.3) is 6.08 Å². The molecular weight excluding hydrogens is 471 g/mol. The lowest BCUT2D eigenvalue weighted by atomic mass is 10.1. The summed E-state index contributed by atoms with van der Waals surface area (Å²) in [5.41, 5.74) is 1.77. The number of carbonyl (C=O) groups is 1. The molecule has 8 heteroatoms. The highest BCUT2D eigenvalue weighted by molar-refractivity contribution is 6.32. The Labute approximate surface area is 200 Å². The van der Waals surface area contributed by atoms with Gasteiger partial charge >= 0.3 is 0 Å². The van der Waals surface area contributed by atoms with E-state index in [1.165, 1.54) is 13.2 Å². The van der Waals surface area contributed by atoms with Gasteiger partial charge in [-0.2, -0.15) is 5.26 Å². The zero-order chi connectivity index (χ0) is 23.1. The Kier molecular flexibility index (Phi) is 8.02. The van der Waals surface area contributed by atoms with E-state index in [1.807, 2.05) is 18.2 Å². The number of amides is 1. The van der Waals surface area contributed by atoms with Gasteiger partial charge in [0, 0.05) is 15.7 Å². The molecule has 0 aliphatic heterocycles. The maximum absolute atomic E-state index is 12.5. The average molecular weight is 488 g/mol. The molecule has 3 rings (SSSR count). The number of nitriles is 1. The van der Waals surface area contributed by atoms with E-state index in [0.29, 0.717) is 32.8 Å². The van der Waals surface area contributed by atoms with Crippen molar-refractivity contribution in [3.63, 3.8) is 0 Å². The second-order valence-corrected chi connectivity index (χ2v) is 7.86. The van der Waals surface area contributed by atoms with Gasteiger partial charge in [-0.25, -0.2) is 0 Å². The monoisotopic (exact) mass is 486 g/mol. The smallest absolute Gasteiger partial charge is 0.266 e. The number of carbonyl (C=O) groups excluding carboxylic acids is 1. The fourth-order valence-corrected chi connectivity index (χ4v) is 3.37. The molecule has 0 radical (unpaired) electrons. The molecule has 0 unspecified atom stereocenters. The third-order valence-corrected chi connectivity index (χ3v) is 5.07. The molecule has 5 nitrogen and oxygen atoms in total. The summed E-state index contributed by atoms with van der Waals surface area (Å²) in [5, 5.41) is 13.5. The van der Waals surface area contributed by atoms with Gasteiger partial charge < -0.3 is 14.8 Å². The van der Waals surface area contributed by atoms with Gasteiger partial charge in [-0.3, -0.25) is 4.79 Å². The molecule has 0 saturated heterocycles. The summed E-state index contributed by atoms with van der Waals surface area (Å²) in [6.45, 7) is 0.258. The highest BCUT2D eigenvalue weighted by Gasteiger charge is 2.15. The Balaban J connectivity index is 1.81. The first-order chi connectivity index (χ1) is 15.4. The number of rotatable bonds is 7. The second-order valence-electron chi connectivity index (χ2n) is 6.58. The fraction of sp³-hybridized carbons (Fsp3) is 0.0833. The molecule has 0 fully saturated rings. The lowest BCUT2D eigenvalue weighted by Crippen LogP contribution is -2.13. The standard InChI is InChI=1S/C24H17Cl3N2O3/c1-31-22-11-16(9-17(13-28)24(30)29-20-4-2-3-19(26)12-20)10-21(27)23(22)32-14-15-5-7-18(25)8-6-15/h2-12H,14H2,1H3,(H,29,30)/b17-9+. The largest absolute Gasteiger partial charge is 0.493 e. The number of benzene rings is 3. The van der Waals surface area contributed by atoms with Crippen LogP contribution in [-0.2, 0) is 11.4 Å². The molecule has 0 saturated carbocycles. The first-order valence-corrected chi connectivity index (χ1v) is 10.5. The number of methoxy groups -OCH3 is 1. The van der Waals surface area contributed by atoms with Crippen LogP contribution in [0, 0.1) is 11.3 Å². The van der Waals surface area contributed by atoms with E-state index < -0.39 is 5.91 Å². The van der Waals surface area contributed by atoms with Crippen LogP contribution in [0.15, 0.2) is 66.2 Å². The van der Waals surface area contributed by atoms with Gasteiger partial charge in [0.05, 0.1) is 12.1 Å². The maximum Gasteiger partial charge on any atom is 0.266 e. The normalized spacial score (nSPS) is 10.9. The van der Waals surface area contributed by atoms with E-state index in [1.54, 1.807) is 48.5 Å². The van der Waals surface area contributed by atoms with Crippen LogP contribution in [0.4, 0.5) is 5.69 Å². The van der Waals surface area contributed by atoms with Gasteiger partial charge in [0.2, 0.25) is 0 Å². The Morgan fingerprint density at radius 3 is 2.47 bits per heavy atom. The molecule has 0 atom stereocenters. The number of hydrogen-bond acceptors (Lipinski definition) is 4. The Morgan fingerprint density at radius 2 is 1.81 bits per heavy atom. The molecule has 3 aromatic carbocycles. The van der Waals surface area contributed by atoms with Crippen molar-refractivity contribution < 1.29 is 14.3 Å². The van der Waals surface area contributed by atoms with Crippen molar-refractivity contribution in [3.8, 4) is 17.6 Å². The van der Waals surface area contributed by atoms with Gasteiger partial charge in [-0.1, -0.05) is 53.0 Å². The topological polar surface area (TPSA) is 71.3 Å². The zero-order valence-corrected chi connectivity index (χ0v) is 19.1. The van der Waals surface area contributed by atoms with Crippen molar-refractivity contribution in [2.75, 3.05) is 12.4 Å². The van der Waals surface area contributed by atoms with E-state index in [2.05, 4.69) is 5.32 Å². The number of anilines is 1. The summed E-state index contributed by atoms with van der Waals surface area (Å²) in [7, 11) is 1.48. The highest BCUT2D eigenvalue weighted by atomic mass is 35.5. The predicted octanol–water partition coefficient (Wildman–Crippen LogP) is 6.78. The Hall–Kier alpha value is -3.17. The summed E-state index contributed by atoms with van der Waals surface area (Å²) < 4.78 is 11.2. The fourth-order valence-electron chi connectivity index (χ4n) is 2.78. The summed E-state index contributed by atoms with van der Waals surface area (Å²) >= 11 is 18.2. The second kappa shape index (κ2) is 10.9. The van der Waals surface area contributed by atoms with Crippen molar-refractivity contribution >= 4 is 52.5 Å². The van der Waals surface area contributed by atoms with Crippen molar-refractivity contribution in [2.45, 2.75) is 6.61 Å². The van der Waals surface area contributed by atoms with Crippen molar-refractivity contribution in [2.24, 2.45) is 0 Å². The van der Waals surface area contributed by atoms with Crippen LogP contribution in [-0.4, -0.2) is 13.0 Å². The number of nitrogens with one attached hydrogen (secondary N) is 1. The van der Waals surface area contributed by atoms with E-state index in [-0.39, 0.29) is 17.2 Å². The minimum absolute atomic E-state index is 0.113. The minimum Gasteiger partial charge on any atom is -0.493 e. The molecule has 0 aromatic heterocycles. The molecule has 1 N–H and O–H groups in total. The molecule has 0 spiro atoms. The van der Waals surface area contributed by atoms with E-state index in [4.69, 9.17) is 44.3 Å². The zero-order valence-electron chi connectivity index (χ0n) is 16.9. The number of ether oxygens (including phenoxy) is 2. The maximum atomic E-state index is 12.5. The third kappa shape index (κ3) is 6.18. The van der Waals surface area contributed by atoms with Crippen molar-refractivity contribution in [1.82, 2.24) is 0 Å². The molecule has 0 heterocycles. The van der Waals surface area contributed by atoms with Crippen LogP contribution < -0.4 is 14.8 Å². The minimum atomic E-state index is -0.576. The van der Waals surface area contributed by atoms with Gasteiger partial charge in [-0.05, 0) is 59.7 Å². The lowest BCUT2D eigenvalue weighted by molar-refractivity contribution is -0.112. The Morgan fingerprint density at radius 1 is 1.06 bits per heavy atom. The predicted molar refractivity (Wildman–Crippen MR) is 127 cm³/mol. The first kappa shape index (κ1) is 23.5. The van der Waals surface area contributed by atoms with Gasteiger partial charge in [0.25, 0.3) is 5.91 Å². The van der Waals surface area contributed by atoms with E-state index in [9.17, 15) is 10.1 Å². The Bertz CT molecular complexity index is 1200. The van der Waals surface area contributed by atoms with Gasteiger partial charge in [-0.15, -0.1) is 0 Å². The van der Waals surface area contributed by atoms with Crippen LogP contribution in [0.5, 0.6) is 11.5 Å². The molecule has 0 bridgehead atoms. The highest BCUT2D eigenvalue weighted by Crippen LogP contribution is 2.37. The average Bonchev–Trinajstić information content (AvgIpc) is 2.77. The summed E-state index contributed by atoms with van der Waals surface area (Å²) in [4.78, 5) is 12.5. The van der Waals surface area contributed by atoms with Gasteiger partial charge in [0.1, 0.15) is 18.2 Å². The SMILES string of the molecule is COc1cc(/C=C(\C#N)C(=O)Nc2cccc(Cl)c2)cc(Cl)c1OCc1ccc(Cl)cc1. The quantitative estimate of drug-likeness (QED) is 0.294. The molecule has 162 valence electrons. The van der Waals surface area contributed by atoms with E-state index >= 15 is 0 Å². The molecule has 0 aliphatic rings. The van der Waals surface area contributed by atoms with Crippen LogP contribution in [0.3, 0.4) is 0 Å². The van der Waals surface area contributed by atoms with E-state index in [0.717, 1.165) is 5.56 Å². The van der Waals surface area contributed by atoms with Crippen LogP contribution >= 0.6 is 34.8 Å². The molecule has 32 heavy (non-hydrogen) atoms. The van der Waals surface area contributed by atoms with Gasteiger partial charge in [0.15, 0.2) is 11.5 Å². The van der Waals surface area contributed by atoms with Crippen LogP contribution in [0.2, 0.25) is 15.1 Å². The molecule has 3 aromatic rings. The lowest BCUT2D eigenvalue weighted by Gasteiger charge is -2.14. The first-order valence-electron chi connectivity index (χ1n) is 9.33.